The highest BCUT2D eigenvalue weighted by atomic mass is 16.5. The Morgan fingerprint density at radius 1 is 1.35 bits per heavy atom. The van der Waals surface area contributed by atoms with E-state index in [1.54, 1.807) is 7.05 Å². The number of ether oxygens (including phenoxy) is 1. The molecule has 2 fully saturated rings. The summed E-state index contributed by atoms with van der Waals surface area (Å²) < 4.78 is 5.62. The maximum Gasteiger partial charge on any atom is 0.225 e. The van der Waals surface area contributed by atoms with E-state index in [2.05, 4.69) is 15.6 Å². The fraction of sp³-hybridized carbons (Fsp3) is 0.882. The lowest BCUT2D eigenvalue weighted by molar-refractivity contribution is -0.133. The summed E-state index contributed by atoms with van der Waals surface area (Å²) in [4.78, 5) is 18.2. The second-order valence-corrected chi connectivity index (χ2v) is 6.94. The van der Waals surface area contributed by atoms with Crippen LogP contribution in [-0.2, 0) is 9.53 Å². The molecule has 1 amide bonds. The smallest absolute Gasteiger partial charge is 0.225 e. The van der Waals surface area contributed by atoms with Crippen LogP contribution in [0.2, 0.25) is 0 Å². The molecule has 2 aliphatic rings. The third-order valence-electron chi connectivity index (χ3n) is 4.37. The Labute approximate surface area is 140 Å². The first-order valence-electron chi connectivity index (χ1n) is 8.94. The second-order valence-electron chi connectivity index (χ2n) is 6.94. The second kappa shape index (κ2) is 9.11. The predicted octanol–water partition coefficient (Wildman–Crippen LogP) is 1.23. The summed E-state index contributed by atoms with van der Waals surface area (Å²) in [6.45, 7) is 8.09. The lowest BCUT2D eigenvalue weighted by Crippen LogP contribution is -2.45. The highest BCUT2D eigenvalue weighted by molar-refractivity contribution is 5.81. The molecule has 0 radical (unpaired) electrons. The number of hydrogen-bond acceptors (Lipinski definition) is 3. The monoisotopic (exact) mass is 324 g/mol. The Bertz CT molecular complexity index is 407. The van der Waals surface area contributed by atoms with Gasteiger partial charge in [0, 0.05) is 51.9 Å². The molecule has 1 saturated carbocycles. The minimum atomic E-state index is 0.0711. The molecule has 1 unspecified atom stereocenters. The first kappa shape index (κ1) is 18.0. The topological polar surface area (TPSA) is 66.0 Å². The molecule has 6 heteroatoms. The number of carbonyl (C=O) groups excluding carboxylic acids is 1. The van der Waals surface area contributed by atoms with Crippen molar-refractivity contribution in [3.63, 3.8) is 0 Å². The predicted molar refractivity (Wildman–Crippen MR) is 92.5 cm³/mol. The number of guanidine groups is 1. The van der Waals surface area contributed by atoms with Crippen molar-refractivity contribution >= 4 is 11.9 Å². The number of amides is 1. The quantitative estimate of drug-likeness (QED) is 0.400. The van der Waals surface area contributed by atoms with Gasteiger partial charge in [-0.1, -0.05) is 13.8 Å². The van der Waals surface area contributed by atoms with Gasteiger partial charge in [0.25, 0.3) is 0 Å². The number of hydrogen-bond donors (Lipinski definition) is 2. The van der Waals surface area contributed by atoms with Crippen molar-refractivity contribution in [1.29, 1.82) is 0 Å². The molecule has 2 rings (SSSR count). The summed E-state index contributed by atoms with van der Waals surface area (Å²) in [6.07, 6.45) is 4.64. The van der Waals surface area contributed by atoms with E-state index in [0.29, 0.717) is 0 Å². The van der Waals surface area contributed by atoms with Gasteiger partial charge < -0.3 is 20.3 Å². The van der Waals surface area contributed by atoms with E-state index in [1.807, 2.05) is 18.7 Å². The third kappa shape index (κ3) is 6.37. The van der Waals surface area contributed by atoms with Crippen molar-refractivity contribution in [3.05, 3.63) is 0 Å². The van der Waals surface area contributed by atoms with Crippen LogP contribution in [0.4, 0.5) is 0 Å². The Balaban J connectivity index is 1.58. The highest BCUT2D eigenvalue weighted by Crippen LogP contribution is 2.28. The molecule has 1 heterocycles. The first-order chi connectivity index (χ1) is 11.1. The third-order valence-corrected chi connectivity index (χ3v) is 4.37. The molecule has 0 aromatic carbocycles. The van der Waals surface area contributed by atoms with E-state index in [9.17, 15) is 4.79 Å². The van der Waals surface area contributed by atoms with Gasteiger partial charge in [-0.15, -0.1) is 0 Å². The van der Waals surface area contributed by atoms with E-state index in [-0.39, 0.29) is 17.9 Å². The summed E-state index contributed by atoms with van der Waals surface area (Å²) in [7, 11) is 1.78. The van der Waals surface area contributed by atoms with Gasteiger partial charge in [-0.2, -0.15) is 0 Å². The molecule has 1 aliphatic carbocycles. The number of nitrogens with zero attached hydrogens (tertiary/aromatic N) is 2. The van der Waals surface area contributed by atoms with E-state index >= 15 is 0 Å². The molecule has 132 valence electrons. The average molecular weight is 324 g/mol. The van der Waals surface area contributed by atoms with Crippen LogP contribution in [0, 0.1) is 11.8 Å². The summed E-state index contributed by atoms with van der Waals surface area (Å²) in [6, 6.07) is 0.287. The molecule has 0 bridgehead atoms. The fourth-order valence-corrected chi connectivity index (χ4v) is 2.75. The molecular weight excluding hydrogens is 292 g/mol. The van der Waals surface area contributed by atoms with Crippen LogP contribution < -0.4 is 10.6 Å². The van der Waals surface area contributed by atoms with E-state index in [1.165, 1.54) is 12.8 Å². The van der Waals surface area contributed by atoms with Crippen LogP contribution in [-0.4, -0.2) is 62.7 Å². The number of likely N-dealkylation sites (tertiary alicyclic amines) is 1. The molecule has 0 aromatic rings. The molecule has 1 atom stereocenters. The fourth-order valence-electron chi connectivity index (χ4n) is 2.75. The van der Waals surface area contributed by atoms with Gasteiger partial charge in [-0.3, -0.25) is 9.79 Å². The molecule has 23 heavy (non-hydrogen) atoms. The molecule has 1 aliphatic heterocycles. The molecule has 1 saturated heterocycles. The number of aliphatic imine (C=N–C) groups is 1. The Morgan fingerprint density at radius 2 is 2.13 bits per heavy atom. The average Bonchev–Trinajstić information content (AvgIpc) is 3.25. The van der Waals surface area contributed by atoms with Gasteiger partial charge in [0.2, 0.25) is 5.91 Å². The number of carbonyl (C=O) groups is 1. The molecule has 6 nitrogen and oxygen atoms in total. The van der Waals surface area contributed by atoms with Crippen LogP contribution in [0.25, 0.3) is 0 Å². The van der Waals surface area contributed by atoms with Crippen molar-refractivity contribution < 1.29 is 9.53 Å². The van der Waals surface area contributed by atoms with Gasteiger partial charge in [0.15, 0.2) is 5.96 Å². The van der Waals surface area contributed by atoms with Crippen LogP contribution in [0.1, 0.15) is 39.5 Å². The molecule has 2 N–H and O–H groups in total. The van der Waals surface area contributed by atoms with E-state index in [0.717, 1.165) is 57.6 Å². The number of rotatable bonds is 8. The van der Waals surface area contributed by atoms with Crippen molar-refractivity contribution in [1.82, 2.24) is 15.5 Å². The Hall–Kier alpha value is -1.30. The Morgan fingerprint density at radius 3 is 2.78 bits per heavy atom. The van der Waals surface area contributed by atoms with Crippen molar-refractivity contribution in [2.45, 2.75) is 45.6 Å². The molecule has 0 spiro atoms. The van der Waals surface area contributed by atoms with Crippen LogP contribution in [0.5, 0.6) is 0 Å². The highest BCUT2D eigenvalue weighted by Gasteiger charge is 2.27. The van der Waals surface area contributed by atoms with E-state index in [4.69, 9.17) is 4.74 Å². The zero-order chi connectivity index (χ0) is 16.7. The van der Waals surface area contributed by atoms with Gasteiger partial charge in [0.1, 0.15) is 0 Å². The summed E-state index contributed by atoms with van der Waals surface area (Å²) in [5, 5.41) is 6.74. The van der Waals surface area contributed by atoms with Gasteiger partial charge in [0.05, 0.1) is 0 Å². The van der Waals surface area contributed by atoms with Crippen LogP contribution >= 0.6 is 0 Å². The van der Waals surface area contributed by atoms with Crippen LogP contribution in [0.3, 0.4) is 0 Å². The summed E-state index contributed by atoms with van der Waals surface area (Å²) in [5.41, 5.74) is 0. The van der Waals surface area contributed by atoms with Crippen molar-refractivity contribution in [2.75, 3.05) is 39.9 Å². The van der Waals surface area contributed by atoms with E-state index < -0.39 is 0 Å². The minimum Gasteiger partial charge on any atom is -0.381 e. The first-order valence-corrected chi connectivity index (χ1v) is 8.94. The van der Waals surface area contributed by atoms with Crippen molar-refractivity contribution in [3.8, 4) is 0 Å². The standard InChI is InChI=1S/C17H32N4O2/c1-13(2)16(22)21-9-7-15(11-21)20-17(18-3)19-8-4-10-23-12-14-5-6-14/h13-15H,4-12H2,1-3H3,(H2,18,19,20). The van der Waals surface area contributed by atoms with Gasteiger partial charge >= 0.3 is 0 Å². The van der Waals surface area contributed by atoms with Crippen LogP contribution in [0.15, 0.2) is 4.99 Å². The minimum absolute atomic E-state index is 0.0711. The van der Waals surface area contributed by atoms with Gasteiger partial charge in [-0.05, 0) is 31.6 Å². The largest absolute Gasteiger partial charge is 0.381 e. The van der Waals surface area contributed by atoms with Gasteiger partial charge in [-0.25, -0.2) is 0 Å². The number of nitrogens with one attached hydrogen (secondary N) is 2. The summed E-state index contributed by atoms with van der Waals surface area (Å²) >= 11 is 0. The SMILES string of the molecule is CN=C(NCCCOCC1CC1)NC1CCN(C(=O)C(C)C)C1. The molecular formula is C17H32N4O2. The Kier molecular flexibility index (Phi) is 7.15. The van der Waals surface area contributed by atoms with Crippen molar-refractivity contribution in [2.24, 2.45) is 16.8 Å². The normalized spacial score (nSPS) is 21.8. The summed E-state index contributed by atoms with van der Waals surface area (Å²) in [5.74, 6) is 1.96. The lowest BCUT2D eigenvalue weighted by Gasteiger charge is -2.20. The molecule has 0 aromatic heterocycles. The zero-order valence-electron chi connectivity index (χ0n) is 14.8. The zero-order valence-corrected chi connectivity index (χ0v) is 14.8. The maximum atomic E-state index is 12.0. The maximum absolute atomic E-state index is 12.0. The lowest BCUT2D eigenvalue weighted by atomic mass is 10.2.